The van der Waals surface area contributed by atoms with Crippen LogP contribution in [0.4, 0.5) is 24.5 Å². The summed E-state index contributed by atoms with van der Waals surface area (Å²) >= 11 is 0. The highest BCUT2D eigenvalue weighted by Crippen LogP contribution is 2.41. The van der Waals surface area contributed by atoms with Crippen LogP contribution in [-0.2, 0) is 6.18 Å². The van der Waals surface area contributed by atoms with E-state index in [2.05, 4.69) is 15.4 Å². The number of hydrogen-bond acceptors (Lipinski definition) is 6. The average molecular weight is 421 g/mol. The number of alkyl halides is 3. The lowest BCUT2D eigenvalue weighted by Gasteiger charge is -2.10. The van der Waals surface area contributed by atoms with Gasteiger partial charge in [0.2, 0.25) is 0 Å². The maximum atomic E-state index is 13.5. The molecule has 0 spiro atoms. The molecule has 1 aliphatic rings. The SMILES string of the molecule is COc1cc(NC(=O)c2cc3nc(C4CC4)cc(C(F)(F)F)n3n2)cc([N+](=O)[O-])c1. The summed E-state index contributed by atoms with van der Waals surface area (Å²) < 4.78 is 46.0. The van der Waals surface area contributed by atoms with Crippen molar-refractivity contribution in [2.24, 2.45) is 0 Å². The Morgan fingerprint density at radius 1 is 1.27 bits per heavy atom. The molecule has 1 saturated carbocycles. The smallest absolute Gasteiger partial charge is 0.433 e. The van der Waals surface area contributed by atoms with Crippen LogP contribution in [0.15, 0.2) is 30.3 Å². The Bertz CT molecular complexity index is 1170. The molecule has 1 N–H and O–H groups in total. The van der Waals surface area contributed by atoms with Gasteiger partial charge in [0.25, 0.3) is 11.6 Å². The van der Waals surface area contributed by atoms with Gasteiger partial charge in [-0.05, 0) is 18.9 Å². The fourth-order valence-electron chi connectivity index (χ4n) is 2.97. The van der Waals surface area contributed by atoms with Crippen LogP contribution in [0, 0.1) is 10.1 Å². The first-order valence-corrected chi connectivity index (χ1v) is 8.78. The van der Waals surface area contributed by atoms with Crippen LogP contribution in [0.3, 0.4) is 0 Å². The number of aromatic nitrogens is 3. The second kappa shape index (κ2) is 6.97. The number of carbonyl (C=O) groups is 1. The third kappa shape index (κ3) is 3.75. The lowest BCUT2D eigenvalue weighted by atomic mass is 10.2. The number of rotatable bonds is 5. The van der Waals surface area contributed by atoms with Gasteiger partial charge in [0.1, 0.15) is 11.4 Å². The fraction of sp³-hybridized carbons (Fsp3) is 0.278. The monoisotopic (exact) mass is 421 g/mol. The number of non-ortho nitro benzene ring substituents is 1. The largest absolute Gasteiger partial charge is 0.496 e. The maximum Gasteiger partial charge on any atom is 0.433 e. The quantitative estimate of drug-likeness (QED) is 0.496. The predicted molar refractivity (Wildman–Crippen MR) is 97.6 cm³/mol. The Kier molecular flexibility index (Phi) is 4.56. The van der Waals surface area contributed by atoms with E-state index in [1.54, 1.807) is 0 Å². The lowest BCUT2D eigenvalue weighted by molar-refractivity contribution is -0.384. The van der Waals surface area contributed by atoms with Gasteiger partial charge >= 0.3 is 6.18 Å². The molecule has 9 nitrogen and oxygen atoms in total. The third-order valence-electron chi connectivity index (χ3n) is 4.56. The normalized spacial score (nSPS) is 14.0. The van der Waals surface area contributed by atoms with Crippen LogP contribution >= 0.6 is 0 Å². The van der Waals surface area contributed by atoms with Gasteiger partial charge in [-0.25, -0.2) is 9.50 Å². The number of benzene rings is 1. The Hall–Kier alpha value is -3.70. The molecule has 1 fully saturated rings. The second-order valence-electron chi connectivity index (χ2n) is 6.77. The summed E-state index contributed by atoms with van der Waals surface area (Å²) in [5.41, 5.74) is -1.42. The van der Waals surface area contributed by atoms with Crippen molar-refractivity contribution < 1.29 is 27.6 Å². The Morgan fingerprint density at radius 2 is 2.00 bits per heavy atom. The van der Waals surface area contributed by atoms with Gasteiger partial charge in [0.05, 0.1) is 23.8 Å². The van der Waals surface area contributed by atoms with E-state index in [4.69, 9.17) is 4.74 Å². The van der Waals surface area contributed by atoms with E-state index in [0.29, 0.717) is 10.2 Å². The van der Waals surface area contributed by atoms with Crippen molar-refractivity contribution in [1.29, 1.82) is 0 Å². The van der Waals surface area contributed by atoms with Crippen molar-refractivity contribution in [2.45, 2.75) is 24.9 Å². The molecule has 30 heavy (non-hydrogen) atoms. The number of nitro groups is 1. The standard InChI is InChI=1S/C18H14F3N5O4/c1-30-12-5-10(4-11(6-12)26(28)29)22-17(27)14-8-16-23-13(9-2-3-9)7-15(18(19,20)21)25(16)24-14/h4-9H,2-3H2,1H3,(H,22,27). The van der Waals surface area contributed by atoms with Gasteiger partial charge < -0.3 is 10.1 Å². The zero-order valence-corrected chi connectivity index (χ0v) is 15.4. The zero-order chi connectivity index (χ0) is 21.6. The molecule has 0 aliphatic heterocycles. The number of carbonyl (C=O) groups excluding carboxylic acids is 1. The van der Waals surface area contributed by atoms with Crippen molar-refractivity contribution in [3.05, 3.63) is 57.5 Å². The van der Waals surface area contributed by atoms with Crippen LogP contribution in [0.5, 0.6) is 5.75 Å². The summed E-state index contributed by atoms with van der Waals surface area (Å²) in [5.74, 6) is -0.741. The number of amides is 1. The first kappa shape index (κ1) is 19.6. The molecule has 0 atom stereocenters. The number of methoxy groups -OCH3 is 1. The van der Waals surface area contributed by atoms with Crippen LogP contribution in [-0.4, -0.2) is 32.5 Å². The summed E-state index contributed by atoms with van der Waals surface area (Å²) in [6.07, 6.45) is -3.16. The highest BCUT2D eigenvalue weighted by atomic mass is 19.4. The Balaban J connectivity index is 1.71. The molecule has 0 saturated heterocycles. The van der Waals surface area contributed by atoms with Crippen LogP contribution in [0.1, 0.15) is 40.6 Å². The number of nitrogens with one attached hydrogen (secondary N) is 1. The fourth-order valence-corrected chi connectivity index (χ4v) is 2.97. The molecule has 2 heterocycles. The molecule has 1 amide bonds. The van der Waals surface area contributed by atoms with Gasteiger partial charge in [-0.15, -0.1) is 0 Å². The van der Waals surface area contributed by atoms with E-state index in [1.807, 2.05) is 0 Å². The number of halogens is 3. The van der Waals surface area contributed by atoms with Crippen LogP contribution < -0.4 is 10.1 Å². The molecule has 3 aromatic rings. The highest BCUT2D eigenvalue weighted by Gasteiger charge is 2.37. The molecule has 4 rings (SSSR count). The van der Waals surface area contributed by atoms with Gasteiger partial charge in [-0.3, -0.25) is 14.9 Å². The summed E-state index contributed by atoms with van der Waals surface area (Å²) in [5, 5.41) is 17.2. The summed E-state index contributed by atoms with van der Waals surface area (Å²) in [4.78, 5) is 27.1. The van der Waals surface area contributed by atoms with Crippen molar-refractivity contribution in [2.75, 3.05) is 12.4 Å². The minimum Gasteiger partial charge on any atom is -0.496 e. The topological polar surface area (TPSA) is 112 Å². The number of anilines is 1. The average Bonchev–Trinajstić information content (AvgIpc) is 3.44. The van der Waals surface area contributed by atoms with Gasteiger partial charge in [0, 0.05) is 29.8 Å². The lowest BCUT2D eigenvalue weighted by Crippen LogP contribution is -2.16. The molecule has 1 aromatic carbocycles. The Labute approximate surface area is 166 Å². The first-order chi connectivity index (χ1) is 14.2. The molecule has 0 unspecified atom stereocenters. The van der Waals surface area contributed by atoms with Gasteiger partial charge in [0.15, 0.2) is 11.3 Å². The number of hydrogen-bond donors (Lipinski definition) is 1. The van der Waals surface area contributed by atoms with E-state index < -0.39 is 22.7 Å². The van der Waals surface area contributed by atoms with Crippen molar-refractivity contribution in [3.8, 4) is 5.75 Å². The number of ether oxygens (including phenoxy) is 1. The molecule has 2 aromatic heterocycles. The molecule has 0 bridgehead atoms. The van der Waals surface area contributed by atoms with E-state index in [-0.39, 0.29) is 34.4 Å². The maximum absolute atomic E-state index is 13.5. The number of nitrogens with zero attached hydrogens (tertiary/aromatic N) is 4. The molecule has 156 valence electrons. The first-order valence-electron chi connectivity index (χ1n) is 8.78. The molecule has 1 aliphatic carbocycles. The Morgan fingerprint density at radius 3 is 2.60 bits per heavy atom. The van der Waals surface area contributed by atoms with Crippen LogP contribution in [0.25, 0.3) is 5.65 Å². The van der Waals surface area contributed by atoms with Crippen molar-refractivity contribution in [1.82, 2.24) is 14.6 Å². The minimum absolute atomic E-state index is 0.0272. The highest BCUT2D eigenvalue weighted by molar-refractivity contribution is 6.03. The number of fused-ring (bicyclic) bond motifs is 1. The van der Waals surface area contributed by atoms with Crippen molar-refractivity contribution >= 4 is 22.9 Å². The summed E-state index contributed by atoms with van der Waals surface area (Å²) in [6, 6.07) is 5.70. The van der Waals surface area contributed by atoms with Crippen LogP contribution in [0.2, 0.25) is 0 Å². The second-order valence-corrected chi connectivity index (χ2v) is 6.77. The summed E-state index contributed by atoms with van der Waals surface area (Å²) in [6.45, 7) is 0. The van der Waals surface area contributed by atoms with E-state index in [0.717, 1.165) is 31.0 Å². The predicted octanol–water partition coefficient (Wildman–Crippen LogP) is 3.79. The summed E-state index contributed by atoms with van der Waals surface area (Å²) in [7, 11) is 1.30. The zero-order valence-electron chi connectivity index (χ0n) is 15.4. The van der Waals surface area contributed by atoms with E-state index >= 15 is 0 Å². The minimum atomic E-state index is -4.68. The van der Waals surface area contributed by atoms with Crippen molar-refractivity contribution in [3.63, 3.8) is 0 Å². The molecular formula is C18H14F3N5O4. The number of nitro benzene ring substituents is 1. The third-order valence-corrected chi connectivity index (χ3v) is 4.56. The van der Waals surface area contributed by atoms with E-state index in [9.17, 15) is 28.1 Å². The van der Waals surface area contributed by atoms with Gasteiger partial charge in [-0.2, -0.15) is 18.3 Å². The van der Waals surface area contributed by atoms with Gasteiger partial charge in [-0.1, -0.05) is 0 Å². The molecular weight excluding hydrogens is 407 g/mol. The molecule has 12 heteroatoms. The molecule has 0 radical (unpaired) electrons. The van der Waals surface area contributed by atoms with E-state index in [1.165, 1.54) is 19.2 Å².